The Morgan fingerprint density at radius 2 is 1.57 bits per heavy atom. The maximum Gasteiger partial charge on any atom is 0.253 e. The summed E-state index contributed by atoms with van der Waals surface area (Å²) in [6.45, 7) is 8.65. The molecule has 20 heteroatoms. The van der Waals surface area contributed by atoms with E-state index in [0.29, 0.717) is 77.3 Å². The van der Waals surface area contributed by atoms with E-state index in [2.05, 4.69) is 20.4 Å². The molecule has 3 heterocycles. The van der Waals surface area contributed by atoms with Crippen LogP contribution in [0.15, 0.2) is 57.7 Å². The van der Waals surface area contributed by atoms with Gasteiger partial charge >= 0.3 is 0 Å². The molecule has 2 saturated heterocycles. The summed E-state index contributed by atoms with van der Waals surface area (Å²) in [5.41, 5.74) is 8.51. The molecule has 0 aliphatic carbocycles. The molecule has 2 fully saturated rings. The minimum absolute atomic E-state index is 0.00463. The van der Waals surface area contributed by atoms with E-state index in [4.69, 9.17) is 25.8 Å². The number of benzene rings is 1. The van der Waals surface area contributed by atoms with Gasteiger partial charge in [0.2, 0.25) is 23.6 Å². The molecule has 0 radical (unpaired) electrons. The van der Waals surface area contributed by atoms with Crippen LogP contribution < -0.4 is 11.2 Å². The van der Waals surface area contributed by atoms with Crippen molar-refractivity contribution < 1.29 is 38.2 Å². The van der Waals surface area contributed by atoms with Gasteiger partial charge < -0.3 is 45.1 Å². The first-order valence-corrected chi connectivity index (χ1v) is 23.5. The van der Waals surface area contributed by atoms with Gasteiger partial charge in [-0.25, -0.2) is 10.5 Å². The number of rotatable bonds is 23. The Kier molecular flexibility index (Phi) is 21.3. The number of amidine groups is 1. The zero-order chi connectivity index (χ0) is 49.2. The van der Waals surface area contributed by atoms with Gasteiger partial charge in [-0.3, -0.25) is 33.7 Å². The third-order valence-electron chi connectivity index (χ3n) is 13.3. The first kappa shape index (κ1) is 53.9. The number of likely N-dealkylation sites (N-methyl/N-ethyl adjacent to an activating group) is 1. The van der Waals surface area contributed by atoms with Crippen LogP contribution in [0.3, 0.4) is 0 Å². The minimum Gasteiger partial charge on any atom is -0.379 e. The number of imide groups is 1. The molecule has 6 unspecified atom stereocenters. The van der Waals surface area contributed by atoms with Gasteiger partial charge in [0.1, 0.15) is 6.54 Å². The van der Waals surface area contributed by atoms with Crippen molar-refractivity contribution in [1.29, 1.82) is 5.53 Å². The lowest BCUT2D eigenvalue weighted by Gasteiger charge is -2.39. The molecule has 3 aliphatic heterocycles. The zero-order valence-corrected chi connectivity index (χ0v) is 40.8. The predicted molar refractivity (Wildman–Crippen MR) is 253 cm³/mol. The second kappa shape index (κ2) is 26.5. The fraction of sp³-hybridized carbons (Fsp3) is 0.660. The number of hydrogen-bond donors (Lipinski definition) is 3. The summed E-state index contributed by atoms with van der Waals surface area (Å²) in [4.78, 5) is 93.9. The summed E-state index contributed by atoms with van der Waals surface area (Å²) in [6, 6.07) is 7.84. The van der Waals surface area contributed by atoms with Crippen LogP contribution in [-0.4, -0.2) is 188 Å². The highest BCUT2D eigenvalue weighted by Crippen LogP contribution is 2.29. The number of piperazine rings is 1. The van der Waals surface area contributed by atoms with Crippen molar-refractivity contribution in [2.45, 2.75) is 109 Å². The van der Waals surface area contributed by atoms with Crippen molar-refractivity contribution in [3.63, 3.8) is 0 Å². The Bertz CT molecular complexity index is 1920. The molecule has 0 spiro atoms. The maximum atomic E-state index is 14.3. The van der Waals surface area contributed by atoms with Crippen LogP contribution in [0, 0.1) is 17.4 Å². The number of nitrogens with zero attached hydrogens (tertiary/aromatic N) is 9. The average Bonchev–Trinajstić information content (AvgIpc) is 3.94. The Labute approximate surface area is 395 Å². The third kappa shape index (κ3) is 14.6. The van der Waals surface area contributed by atoms with E-state index in [1.807, 2.05) is 68.1 Å². The van der Waals surface area contributed by atoms with E-state index < -0.39 is 36.3 Å². The lowest BCUT2D eigenvalue weighted by Crippen LogP contribution is -2.54. The lowest BCUT2D eigenvalue weighted by molar-refractivity contribution is -0.145. The van der Waals surface area contributed by atoms with Crippen LogP contribution in [0.25, 0.3) is 0 Å². The van der Waals surface area contributed by atoms with Crippen molar-refractivity contribution in [3.05, 3.63) is 48.0 Å². The van der Waals surface area contributed by atoms with E-state index in [9.17, 15) is 28.8 Å². The molecule has 6 amide bonds. The average molecular weight is 935 g/mol. The quantitative estimate of drug-likeness (QED) is 0.0274. The molecular formula is C47H74N12O8. The number of hydrazone groups is 1. The molecule has 0 aromatic heterocycles. The number of methoxy groups -OCH3 is 2. The summed E-state index contributed by atoms with van der Waals surface area (Å²) < 4.78 is 12.0. The zero-order valence-electron chi connectivity index (χ0n) is 40.8. The lowest BCUT2D eigenvalue weighted by atomic mass is 9.90. The Morgan fingerprint density at radius 1 is 0.910 bits per heavy atom. The number of ether oxygens (including phenoxy) is 2. The van der Waals surface area contributed by atoms with Crippen molar-refractivity contribution in [2.75, 3.05) is 81.2 Å². The van der Waals surface area contributed by atoms with Gasteiger partial charge in [0.25, 0.3) is 11.8 Å². The normalized spacial score (nSPS) is 19.5. The van der Waals surface area contributed by atoms with Gasteiger partial charge in [0, 0.05) is 99.6 Å². The van der Waals surface area contributed by atoms with Crippen LogP contribution in [0.4, 0.5) is 0 Å². The van der Waals surface area contributed by atoms with Crippen molar-refractivity contribution >= 4 is 47.2 Å². The van der Waals surface area contributed by atoms with Crippen LogP contribution in [0.2, 0.25) is 0 Å². The van der Waals surface area contributed by atoms with E-state index in [1.54, 1.807) is 30.9 Å². The molecular weight excluding hydrogens is 861 g/mol. The summed E-state index contributed by atoms with van der Waals surface area (Å²) >= 11 is 0. The van der Waals surface area contributed by atoms with Gasteiger partial charge in [0.05, 0.1) is 42.7 Å². The van der Waals surface area contributed by atoms with Gasteiger partial charge in [-0.15, -0.1) is 5.11 Å². The van der Waals surface area contributed by atoms with E-state index in [-0.39, 0.29) is 60.2 Å². The highest BCUT2D eigenvalue weighted by atomic mass is 16.5. The summed E-state index contributed by atoms with van der Waals surface area (Å²) in [7, 11) is 8.56. The van der Waals surface area contributed by atoms with Crippen molar-refractivity contribution in [1.82, 2.24) is 34.7 Å². The molecule has 3 aliphatic rings. The first-order chi connectivity index (χ1) is 32.1. The second-order valence-corrected chi connectivity index (χ2v) is 17.8. The van der Waals surface area contributed by atoms with Crippen LogP contribution >= 0.6 is 0 Å². The van der Waals surface area contributed by atoms with Crippen LogP contribution in [0.1, 0.15) is 77.7 Å². The Hall–Kier alpha value is -5.76. The summed E-state index contributed by atoms with van der Waals surface area (Å²) in [5, 5.41) is 10.1. The van der Waals surface area contributed by atoms with Crippen molar-refractivity contribution in [2.24, 2.45) is 32.9 Å². The third-order valence-corrected chi connectivity index (χ3v) is 13.3. The number of amides is 6. The predicted octanol–water partition coefficient (Wildman–Crippen LogP) is 2.48. The molecule has 1 aromatic carbocycles. The highest BCUT2D eigenvalue weighted by Gasteiger charge is 2.42. The fourth-order valence-corrected chi connectivity index (χ4v) is 9.34. The van der Waals surface area contributed by atoms with E-state index in [0.717, 1.165) is 24.8 Å². The monoisotopic (exact) mass is 935 g/mol. The van der Waals surface area contributed by atoms with Crippen LogP contribution in [-0.2, 0) is 44.7 Å². The second-order valence-electron chi connectivity index (χ2n) is 17.8. The molecule has 20 nitrogen and oxygen atoms in total. The Balaban J connectivity index is 1.35. The molecule has 0 bridgehead atoms. The SMILES string of the molecule is CCC(C)C(C(CC(=O)N1CCCC1C(OC)C(C)C(=O)N[C@@H](Cc1ccccc1)/C(N=N)=N/N)OC)N(C)C(=O)CN=C(N(C)C)N1CCN(C(=O)CCCCCN2C(=O)C=CC2=O)CC1. The van der Waals surface area contributed by atoms with Gasteiger partial charge in [0.15, 0.2) is 11.8 Å². The van der Waals surface area contributed by atoms with Crippen LogP contribution in [0.5, 0.6) is 0 Å². The molecule has 370 valence electrons. The molecule has 0 saturated carbocycles. The number of nitrogens with one attached hydrogen (secondary N) is 2. The van der Waals surface area contributed by atoms with Gasteiger partial charge in [-0.2, -0.15) is 5.10 Å². The number of aliphatic imine (C=N–C) groups is 1. The molecule has 4 N–H and O–H groups in total. The van der Waals surface area contributed by atoms with E-state index >= 15 is 0 Å². The van der Waals surface area contributed by atoms with Gasteiger partial charge in [-0.05, 0) is 37.2 Å². The topological polar surface area (TPSA) is 239 Å². The molecule has 1 aromatic rings. The summed E-state index contributed by atoms with van der Waals surface area (Å²) in [5.74, 6) is 4.17. The van der Waals surface area contributed by atoms with Crippen molar-refractivity contribution in [3.8, 4) is 0 Å². The smallest absolute Gasteiger partial charge is 0.253 e. The summed E-state index contributed by atoms with van der Waals surface area (Å²) in [6.07, 6.45) is 6.09. The van der Waals surface area contributed by atoms with E-state index in [1.165, 1.54) is 24.2 Å². The largest absolute Gasteiger partial charge is 0.379 e. The molecule has 67 heavy (non-hydrogen) atoms. The minimum atomic E-state index is -0.756. The maximum absolute atomic E-state index is 14.3. The number of nitrogens with two attached hydrogens (primary N) is 1. The first-order valence-electron chi connectivity index (χ1n) is 23.5. The van der Waals surface area contributed by atoms with Gasteiger partial charge in [-0.1, -0.05) is 63.9 Å². The highest BCUT2D eigenvalue weighted by molar-refractivity contribution is 6.12. The standard InChI is InChI=1S/C47H74N12O8/c1-9-32(2)43(55(6)42(64)31-50-47(54(4)5)57-27-25-56(26-28-57)38(60)20-14-11-15-23-59-39(61)21-22-40(59)62)37(66-7)30-41(63)58-24-16-19-36(58)44(67-8)33(3)46(65)51-35(45(52-48)53-49)29-34-17-12-10-13-18-34/h10,12-13,17-18,21-22,32-33,35-37,43-44,48H,9,11,14-16,19-20,23-31,49H2,1-8H3,(H,51,65)/b50-47?,52-48?,53-45-/t32?,33?,35-,36?,37?,43?,44?/m0/s1. The number of unbranched alkanes of at least 4 members (excludes halogenated alkanes) is 2. The number of hydrogen-bond acceptors (Lipinski definition) is 12. The molecule has 4 rings (SSSR count). The number of likely N-dealkylation sites (tertiary alicyclic amines) is 1. The number of carbonyl (C=O) groups excluding carboxylic acids is 6. The molecule has 7 atom stereocenters. The fourth-order valence-electron chi connectivity index (χ4n) is 9.34. The Morgan fingerprint density at radius 3 is 2.15 bits per heavy atom. The number of carbonyl (C=O) groups is 6. The number of guanidine groups is 1.